The van der Waals surface area contributed by atoms with Gasteiger partial charge in [0, 0.05) is 54.7 Å². The van der Waals surface area contributed by atoms with Gasteiger partial charge in [0.25, 0.3) is 0 Å². The molecule has 1 amide bonds. The van der Waals surface area contributed by atoms with Gasteiger partial charge in [-0.1, -0.05) is 30.7 Å². The van der Waals surface area contributed by atoms with E-state index in [4.69, 9.17) is 4.99 Å². The van der Waals surface area contributed by atoms with E-state index in [1.807, 2.05) is 12.3 Å². The summed E-state index contributed by atoms with van der Waals surface area (Å²) in [6, 6.07) is 9.66. The zero-order valence-corrected chi connectivity index (χ0v) is 17.3. The molecule has 0 bridgehead atoms. The van der Waals surface area contributed by atoms with Crippen molar-refractivity contribution in [3.8, 4) is 0 Å². The Morgan fingerprint density at radius 2 is 1.90 bits per heavy atom. The first-order valence-electron chi connectivity index (χ1n) is 11.4. The van der Waals surface area contributed by atoms with E-state index in [9.17, 15) is 4.79 Å². The Morgan fingerprint density at radius 1 is 1.03 bits per heavy atom. The van der Waals surface area contributed by atoms with Crippen molar-refractivity contribution in [2.75, 3.05) is 19.6 Å². The number of carbonyl (C=O) groups is 1. The van der Waals surface area contributed by atoms with Crippen LogP contribution in [0.5, 0.6) is 0 Å². The molecule has 1 aliphatic carbocycles. The molecule has 4 heterocycles. The van der Waals surface area contributed by atoms with E-state index in [-0.39, 0.29) is 5.91 Å². The van der Waals surface area contributed by atoms with Crippen LogP contribution in [0.2, 0.25) is 0 Å². The van der Waals surface area contributed by atoms with Crippen molar-refractivity contribution in [3.63, 3.8) is 0 Å². The number of amidine groups is 1. The van der Waals surface area contributed by atoms with Crippen LogP contribution in [-0.2, 0) is 4.79 Å². The predicted molar refractivity (Wildman–Crippen MR) is 118 cm³/mol. The van der Waals surface area contributed by atoms with E-state index in [2.05, 4.69) is 39.4 Å². The molecule has 4 aliphatic heterocycles. The van der Waals surface area contributed by atoms with Crippen molar-refractivity contribution >= 4 is 11.7 Å². The zero-order chi connectivity index (χ0) is 20.1. The van der Waals surface area contributed by atoms with Crippen LogP contribution >= 0.6 is 0 Å². The fraction of sp³-hybridized carbons (Fsp3) is 0.440. The van der Waals surface area contributed by atoms with E-state index in [0.717, 1.165) is 47.2 Å². The van der Waals surface area contributed by atoms with Gasteiger partial charge in [0.2, 0.25) is 5.91 Å². The van der Waals surface area contributed by atoms with E-state index in [0.29, 0.717) is 6.04 Å². The minimum Gasteiger partial charge on any atom is -0.324 e. The largest absolute Gasteiger partial charge is 0.324 e. The first kappa shape index (κ1) is 18.1. The molecule has 1 saturated carbocycles. The van der Waals surface area contributed by atoms with Gasteiger partial charge >= 0.3 is 0 Å². The SMILES string of the molecule is O=C1C=CC2=CN=C(c3ccc(C4CCCCN4CC4CC4)cc3)N3CCC(=C23)N1. The van der Waals surface area contributed by atoms with Gasteiger partial charge in [-0.25, -0.2) is 4.99 Å². The molecule has 0 aromatic heterocycles. The number of aliphatic imine (C=N–C) groups is 1. The molecule has 1 N–H and O–H groups in total. The van der Waals surface area contributed by atoms with Crippen molar-refractivity contribution in [2.45, 2.75) is 44.6 Å². The van der Waals surface area contributed by atoms with Crippen molar-refractivity contribution in [3.05, 3.63) is 70.7 Å². The lowest BCUT2D eigenvalue weighted by Gasteiger charge is -2.36. The minimum absolute atomic E-state index is 0.0520. The number of rotatable bonds is 4. The van der Waals surface area contributed by atoms with Crippen LogP contribution in [0, 0.1) is 5.92 Å². The van der Waals surface area contributed by atoms with Crippen LogP contribution in [0.4, 0.5) is 0 Å². The van der Waals surface area contributed by atoms with E-state index in [1.165, 1.54) is 50.8 Å². The molecule has 5 nitrogen and oxygen atoms in total. The van der Waals surface area contributed by atoms with Gasteiger partial charge in [-0.05, 0) is 49.8 Å². The monoisotopic (exact) mass is 400 g/mol. The number of carbonyl (C=O) groups excluding carboxylic acids is 1. The fourth-order valence-electron chi connectivity index (χ4n) is 5.32. The van der Waals surface area contributed by atoms with Gasteiger partial charge < -0.3 is 10.2 Å². The summed E-state index contributed by atoms with van der Waals surface area (Å²) in [5.74, 6) is 1.87. The average molecular weight is 401 g/mol. The Bertz CT molecular complexity index is 996. The lowest BCUT2D eigenvalue weighted by Crippen LogP contribution is -2.35. The van der Waals surface area contributed by atoms with Crippen molar-refractivity contribution in [1.82, 2.24) is 15.1 Å². The summed E-state index contributed by atoms with van der Waals surface area (Å²) < 4.78 is 0. The summed E-state index contributed by atoms with van der Waals surface area (Å²) in [5, 5.41) is 3.03. The van der Waals surface area contributed by atoms with E-state index in [1.54, 1.807) is 6.08 Å². The molecule has 5 aliphatic rings. The molecular weight excluding hydrogens is 372 g/mol. The number of piperidine rings is 1. The minimum atomic E-state index is -0.0520. The quantitative estimate of drug-likeness (QED) is 0.835. The maximum Gasteiger partial charge on any atom is 0.248 e. The van der Waals surface area contributed by atoms with Crippen LogP contribution in [-0.4, -0.2) is 41.2 Å². The fourth-order valence-corrected chi connectivity index (χ4v) is 5.32. The highest BCUT2D eigenvalue weighted by atomic mass is 16.1. The topological polar surface area (TPSA) is 47.9 Å². The Kier molecular flexibility index (Phi) is 4.38. The number of amides is 1. The summed E-state index contributed by atoms with van der Waals surface area (Å²) in [7, 11) is 0. The van der Waals surface area contributed by atoms with Crippen LogP contribution in [0.1, 0.15) is 55.7 Å². The third kappa shape index (κ3) is 3.21. The van der Waals surface area contributed by atoms with E-state index >= 15 is 0 Å². The molecule has 6 rings (SSSR count). The third-order valence-electron chi connectivity index (χ3n) is 7.04. The molecule has 1 aromatic rings. The number of likely N-dealkylation sites (tertiary alicyclic amines) is 1. The molecule has 5 heteroatoms. The molecule has 1 aromatic carbocycles. The molecule has 1 saturated heterocycles. The molecule has 2 fully saturated rings. The number of benzene rings is 1. The van der Waals surface area contributed by atoms with Crippen LogP contribution in [0.25, 0.3) is 0 Å². The lowest BCUT2D eigenvalue weighted by atomic mass is 9.94. The second kappa shape index (κ2) is 7.24. The number of allylic oxidation sites excluding steroid dienone is 1. The van der Waals surface area contributed by atoms with Crippen LogP contribution in [0.3, 0.4) is 0 Å². The van der Waals surface area contributed by atoms with Gasteiger partial charge in [0.05, 0.1) is 5.70 Å². The van der Waals surface area contributed by atoms with E-state index < -0.39 is 0 Å². The van der Waals surface area contributed by atoms with Crippen molar-refractivity contribution in [1.29, 1.82) is 0 Å². The highest BCUT2D eigenvalue weighted by molar-refractivity contribution is 6.02. The molecule has 1 atom stereocenters. The van der Waals surface area contributed by atoms with Gasteiger partial charge in [-0.15, -0.1) is 0 Å². The number of hydrogen-bond acceptors (Lipinski definition) is 4. The number of nitrogens with zero attached hydrogens (tertiary/aromatic N) is 3. The molecule has 154 valence electrons. The Morgan fingerprint density at radius 3 is 2.73 bits per heavy atom. The summed E-state index contributed by atoms with van der Waals surface area (Å²) >= 11 is 0. The van der Waals surface area contributed by atoms with Gasteiger partial charge in [0.15, 0.2) is 0 Å². The lowest BCUT2D eigenvalue weighted by molar-refractivity contribution is -0.115. The second-order valence-electron chi connectivity index (χ2n) is 9.16. The second-order valence-corrected chi connectivity index (χ2v) is 9.16. The summed E-state index contributed by atoms with van der Waals surface area (Å²) in [5.41, 5.74) is 5.72. The number of hydrogen-bond donors (Lipinski definition) is 1. The number of nitrogens with one attached hydrogen (secondary N) is 1. The molecule has 1 unspecified atom stereocenters. The normalized spacial score (nSPS) is 26.2. The van der Waals surface area contributed by atoms with Gasteiger partial charge in [-0.2, -0.15) is 0 Å². The standard InChI is InChI=1S/C25H28N4O/c30-23-11-10-20-15-26-25(29-14-12-21(27-23)24(20)29)19-8-6-18(7-9-19)22-3-1-2-13-28(22)16-17-4-5-17/h6-11,15,17,22H,1-5,12-14,16H2,(H,27,30). The summed E-state index contributed by atoms with van der Waals surface area (Å²) in [6.45, 7) is 3.37. The Hall–Kier alpha value is -2.66. The molecular formula is C25H28N4O. The maximum absolute atomic E-state index is 11.9. The van der Waals surface area contributed by atoms with Gasteiger partial charge in [0.1, 0.15) is 5.84 Å². The first-order chi connectivity index (χ1) is 14.8. The van der Waals surface area contributed by atoms with Crippen molar-refractivity contribution in [2.24, 2.45) is 10.9 Å². The van der Waals surface area contributed by atoms with Gasteiger partial charge in [-0.3, -0.25) is 9.69 Å². The highest BCUT2D eigenvalue weighted by Gasteiger charge is 2.33. The Balaban J connectivity index is 1.27. The average Bonchev–Trinajstić information content (AvgIpc) is 3.53. The highest BCUT2D eigenvalue weighted by Crippen LogP contribution is 2.38. The Labute approximate surface area is 177 Å². The summed E-state index contributed by atoms with van der Waals surface area (Å²) in [4.78, 5) is 21.7. The summed E-state index contributed by atoms with van der Waals surface area (Å²) in [6.07, 6.45) is 13.0. The van der Waals surface area contributed by atoms with Crippen molar-refractivity contribution < 1.29 is 4.79 Å². The first-order valence-corrected chi connectivity index (χ1v) is 11.4. The van der Waals surface area contributed by atoms with Crippen LogP contribution in [0.15, 0.2) is 64.6 Å². The van der Waals surface area contributed by atoms with Crippen LogP contribution < -0.4 is 5.32 Å². The third-order valence-corrected chi connectivity index (χ3v) is 7.04. The smallest absolute Gasteiger partial charge is 0.248 e. The molecule has 30 heavy (non-hydrogen) atoms. The predicted octanol–water partition coefficient (Wildman–Crippen LogP) is 3.87. The maximum atomic E-state index is 11.9. The zero-order valence-electron chi connectivity index (χ0n) is 17.3. The molecule has 0 spiro atoms. The molecule has 0 radical (unpaired) electrons.